The predicted octanol–water partition coefficient (Wildman–Crippen LogP) is 6.83. The van der Waals surface area contributed by atoms with Gasteiger partial charge in [0.05, 0.1) is 35.5 Å². The number of carbonyl (C=O) groups is 2. The van der Waals surface area contributed by atoms with Crippen molar-refractivity contribution in [2.45, 2.75) is 45.8 Å². The number of carbonyl (C=O) groups excluding carboxylic acids is 2. The SMILES string of the molecule is Cc1ccc(-n2nc(C(C)(C)C)cc2NC(=O)Nc2ccc(OCc3ccnc(Nc4cnc(C(=O)NC5CN(C)C5)cn4)c3)c3ccccc23)cc1. The van der Waals surface area contributed by atoms with Crippen LogP contribution in [0.1, 0.15) is 48.1 Å². The van der Waals surface area contributed by atoms with Crippen LogP contribution in [0.2, 0.25) is 0 Å². The summed E-state index contributed by atoms with van der Waals surface area (Å²) in [5, 5.41) is 18.6. The first-order valence-electron chi connectivity index (χ1n) is 17.4. The van der Waals surface area contributed by atoms with E-state index in [-0.39, 0.29) is 29.7 Å². The average molecular weight is 711 g/mol. The number of nitrogens with one attached hydrogen (secondary N) is 4. The molecule has 6 aromatic rings. The van der Waals surface area contributed by atoms with Crippen LogP contribution >= 0.6 is 0 Å². The summed E-state index contributed by atoms with van der Waals surface area (Å²) >= 11 is 0. The van der Waals surface area contributed by atoms with Crippen molar-refractivity contribution in [1.82, 2.24) is 34.9 Å². The molecule has 1 saturated heterocycles. The van der Waals surface area contributed by atoms with Gasteiger partial charge in [-0.25, -0.2) is 24.4 Å². The maximum Gasteiger partial charge on any atom is 0.324 e. The predicted molar refractivity (Wildman–Crippen MR) is 206 cm³/mol. The number of likely N-dealkylation sites (N-methyl/N-ethyl adjacent to an activating group) is 1. The van der Waals surface area contributed by atoms with Crippen molar-refractivity contribution >= 4 is 45.9 Å². The minimum Gasteiger partial charge on any atom is -0.488 e. The van der Waals surface area contributed by atoms with E-state index in [0.29, 0.717) is 28.9 Å². The summed E-state index contributed by atoms with van der Waals surface area (Å²) in [6.07, 6.45) is 4.64. The molecule has 7 rings (SSSR count). The molecule has 4 heterocycles. The molecule has 13 heteroatoms. The Morgan fingerprint density at radius 2 is 1.64 bits per heavy atom. The molecule has 0 radical (unpaired) electrons. The third-order valence-electron chi connectivity index (χ3n) is 8.89. The van der Waals surface area contributed by atoms with Crippen LogP contribution in [0, 0.1) is 6.92 Å². The molecule has 1 aliphatic heterocycles. The number of ether oxygens (including phenoxy) is 1. The molecular weight excluding hydrogens is 669 g/mol. The zero-order valence-corrected chi connectivity index (χ0v) is 30.3. The lowest BCUT2D eigenvalue weighted by molar-refractivity contribution is 0.0852. The highest BCUT2D eigenvalue weighted by atomic mass is 16.5. The molecule has 1 fully saturated rings. The molecular formula is C40H42N10O3. The second-order valence-corrected chi connectivity index (χ2v) is 14.3. The van der Waals surface area contributed by atoms with Crippen molar-refractivity contribution < 1.29 is 14.3 Å². The minimum absolute atomic E-state index is 0.134. The van der Waals surface area contributed by atoms with E-state index in [2.05, 4.69) is 61.9 Å². The van der Waals surface area contributed by atoms with Gasteiger partial charge in [0.25, 0.3) is 5.91 Å². The van der Waals surface area contributed by atoms with Gasteiger partial charge in [-0.2, -0.15) is 5.10 Å². The highest BCUT2D eigenvalue weighted by molar-refractivity contribution is 6.07. The fourth-order valence-electron chi connectivity index (χ4n) is 5.98. The fraction of sp³-hybridized carbons (Fsp3) is 0.250. The second kappa shape index (κ2) is 14.7. The average Bonchev–Trinajstić information content (AvgIpc) is 3.56. The number of fused-ring (bicyclic) bond motifs is 1. The van der Waals surface area contributed by atoms with Gasteiger partial charge >= 0.3 is 6.03 Å². The van der Waals surface area contributed by atoms with Gasteiger partial charge in [0.15, 0.2) is 0 Å². The number of hydrogen-bond donors (Lipinski definition) is 4. The maximum absolute atomic E-state index is 13.5. The topological polar surface area (TPSA) is 151 Å². The van der Waals surface area contributed by atoms with E-state index in [9.17, 15) is 9.59 Å². The lowest BCUT2D eigenvalue weighted by Gasteiger charge is -2.36. The van der Waals surface area contributed by atoms with Gasteiger partial charge < -0.3 is 25.6 Å². The smallest absolute Gasteiger partial charge is 0.324 e. The summed E-state index contributed by atoms with van der Waals surface area (Å²) in [6, 6.07) is 24.9. The van der Waals surface area contributed by atoms with E-state index in [0.717, 1.165) is 46.4 Å². The number of rotatable bonds is 10. The molecule has 0 aliphatic carbocycles. The van der Waals surface area contributed by atoms with Crippen LogP contribution in [0.25, 0.3) is 16.5 Å². The standard InChI is InChI=1S/C40H42N10O3/c1-25-10-12-28(13-11-25)50-37(19-34(48-50)40(2,3)4)47-39(52)45-31-14-15-33(30-9-7-6-8-29(30)31)53-24-26-16-17-41-35(18-26)46-36-21-42-32(20-43-36)38(51)44-27-22-49(5)23-27/h6-21,27H,22-24H2,1-5H3,(H,44,51)(H,41,43,46)(H2,45,47,52). The van der Waals surface area contributed by atoms with Gasteiger partial charge in [-0.15, -0.1) is 0 Å². The molecule has 270 valence electrons. The first-order valence-corrected chi connectivity index (χ1v) is 17.4. The Hall–Kier alpha value is -6.34. The van der Waals surface area contributed by atoms with Gasteiger partial charge in [0.2, 0.25) is 0 Å². The van der Waals surface area contributed by atoms with Crippen LogP contribution in [0.3, 0.4) is 0 Å². The Labute approximate surface area is 307 Å². The first kappa shape index (κ1) is 35.1. The van der Waals surface area contributed by atoms with Gasteiger partial charge in [0.1, 0.15) is 35.5 Å². The maximum atomic E-state index is 13.5. The summed E-state index contributed by atoms with van der Waals surface area (Å²) in [5.41, 5.74) is 4.41. The number of hydrogen-bond acceptors (Lipinski definition) is 9. The van der Waals surface area contributed by atoms with Crippen molar-refractivity contribution in [3.05, 3.63) is 120 Å². The summed E-state index contributed by atoms with van der Waals surface area (Å²) in [4.78, 5) is 41.1. The normalized spacial score (nSPS) is 13.3. The lowest BCUT2D eigenvalue weighted by atomic mass is 9.92. The van der Waals surface area contributed by atoms with Crippen molar-refractivity contribution in [2.24, 2.45) is 0 Å². The molecule has 3 aromatic heterocycles. The zero-order chi connectivity index (χ0) is 37.1. The van der Waals surface area contributed by atoms with Gasteiger partial charge in [-0.3, -0.25) is 10.1 Å². The van der Waals surface area contributed by atoms with Crippen molar-refractivity contribution in [3.8, 4) is 11.4 Å². The quantitative estimate of drug-likeness (QED) is 0.120. The largest absolute Gasteiger partial charge is 0.488 e. The van der Waals surface area contributed by atoms with Gasteiger partial charge in [-0.1, -0.05) is 62.7 Å². The molecule has 53 heavy (non-hydrogen) atoms. The summed E-state index contributed by atoms with van der Waals surface area (Å²) in [6.45, 7) is 10.2. The highest BCUT2D eigenvalue weighted by Crippen LogP contribution is 2.33. The third kappa shape index (κ3) is 8.26. The Morgan fingerprint density at radius 3 is 2.36 bits per heavy atom. The lowest BCUT2D eigenvalue weighted by Crippen LogP contribution is -2.57. The number of aryl methyl sites for hydroxylation is 1. The van der Waals surface area contributed by atoms with E-state index in [1.165, 1.54) is 12.4 Å². The fourth-order valence-corrected chi connectivity index (χ4v) is 5.98. The summed E-state index contributed by atoms with van der Waals surface area (Å²) in [5.74, 6) is 2.01. The molecule has 0 atom stereocenters. The number of aromatic nitrogens is 5. The molecule has 4 N–H and O–H groups in total. The zero-order valence-electron chi connectivity index (χ0n) is 30.3. The first-order chi connectivity index (χ1) is 25.5. The van der Waals surface area contributed by atoms with E-state index in [4.69, 9.17) is 9.84 Å². The Bertz CT molecular complexity index is 2260. The van der Waals surface area contributed by atoms with Gasteiger partial charge in [0, 0.05) is 41.5 Å². The number of benzene rings is 3. The molecule has 0 spiro atoms. The molecule has 13 nitrogen and oxygen atoms in total. The van der Waals surface area contributed by atoms with Crippen LogP contribution in [0.5, 0.6) is 5.75 Å². The van der Waals surface area contributed by atoms with Crippen molar-refractivity contribution in [1.29, 1.82) is 0 Å². The number of amides is 3. The van der Waals surface area contributed by atoms with E-state index in [1.54, 1.807) is 10.9 Å². The monoisotopic (exact) mass is 710 g/mol. The Balaban J connectivity index is 1.01. The highest BCUT2D eigenvalue weighted by Gasteiger charge is 2.26. The molecule has 1 aliphatic rings. The van der Waals surface area contributed by atoms with Crippen LogP contribution in [-0.4, -0.2) is 67.7 Å². The van der Waals surface area contributed by atoms with Crippen LogP contribution < -0.4 is 26.0 Å². The molecule has 0 saturated carbocycles. The molecule has 0 unspecified atom stereocenters. The van der Waals surface area contributed by atoms with Crippen LogP contribution in [0.4, 0.5) is 27.9 Å². The molecule has 0 bridgehead atoms. The van der Waals surface area contributed by atoms with Crippen LogP contribution in [-0.2, 0) is 12.0 Å². The third-order valence-corrected chi connectivity index (χ3v) is 8.89. The van der Waals surface area contributed by atoms with E-state index >= 15 is 0 Å². The summed E-state index contributed by atoms with van der Waals surface area (Å²) < 4.78 is 8.06. The molecule has 3 amide bonds. The van der Waals surface area contributed by atoms with Crippen molar-refractivity contribution in [2.75, 3.05) is 36.1 Å². The van der Waals surface area contributed by atoms with E-state index < -0.39 is 6.03 Å². The Morgan fingerprint density at radius 1 is 0.868 bits per heavy atom. The second-order valence-electron chi connectivity index (χ2n) is 14.3. The number of nitrogens with zero attached hydrogens (tertiary/aromatic N) is 6. The number of anilines is 4. The van der Waals surface area contributed by atoms with E-state index in [1.807, 2.05) is 92.8 Å². The number of likely N-dealkylation sites (tertiary alicyclic amines) is 1. The van der Waals surface area contributed by atoms with Gasteiger partial charge in [-0.05, 0) is 55.9 Å². The number of pyridine rings is 1. The van der Waals surface area contributed by atoms with Crippen molar-refractivity contribution in [3.63, 3.8) is 0 Å². The molecule has 3 aromatic carbocycles. The Kier molecular flexibility index (Phi) is 9.74. The minimum atomic E-state index is -0.390. The van der Waals surface area contributed by atoms with Crippen LogP contribution in [0.15, 0.2) is 97.5 Å². The summed E-state index contributed by atoms with van der Waals surface area (Å²) in [7, 11) is 2.01. The number of urea groups is 1.